The van der Waals surface area contributed by atoms with Crippen LogP contribution in [0.15, 0.2) is 46.0 Å². The number of pyridine rings is 1. The van der Waals surface area contributed by atoms with E-state index in [1.807, 2.05) is 0 Å². The van der Waals surface area contributed by atoms with Gasteiger partial charge in [0.05, 0.1) is 37.8 Å². The molecule has 1 aromatic heterocycles. The number of sulfonamides is 1. The molecule has 1 amide bonds. The van der Waals surface area contributed by atoms with Crippen LogP contribution in [0, 0.1) is 0 Å². The molecular formula is C17H18BrN3O5S. The number of carbonyl (C=O) groups is 1. The highest BCUT2D eigenvalue weighted by Gasteiger charge is 2.22. The minimum atomic E-state index is -3.94. The Morgan fingerprint density at radius 3 is 2.70 bits per heavy atom. The Bertz CT molecular complexity index is 945. The summed E-state index contributed by atoms with van der Waals surface area (Å²) < 4.78 is 38.9. The monoisotopic (exact) mass is 455 g/mol. The van der Waals surface area contributed by atoms with Crippen molar-refractivity contribution in [3.8, 4) is 5.75 Å². The van der Waals surface area contributed by atoms with Crippen molar-refractivity contribution >= 4 is 37.5 Å². The van der Waals surface area contributed by atoms with Gasteiger partial charge in [-0.25, -0.2) is 8.42 Å². The predicted octanol–water partition coefficient (Wildman–Crippen LogP) is 2.13. The van der Waals surface area contributed by atoms with Crippen LogP contribution in [0.2, 0.25) is 0 Å². The van der Waals surface area contributed by atoms with Crippen LogP contribution in [0.5, 0.6) is 5.75 Å². The zero-order valence-corrected chi connectivity index (χ0v) is 16.9. The third-order valence-corrected chi connectivity index (χ3v) is 5.85. The number of hydrogen-bond acceptors (Lipinski definition) is 6. The van der Waals surface area contributed by atoms with Crippen molar-refractivity contribution in [2.45, 2.75) is 4.90 Å². The van der Waals surface area contributed by atoms with Crippen LogP contribution in [-0.4, -0.2) is 57.6 Å². The predicted molar refractivity (Wildman–Crippen MR) is 102 cm³/mol. The number of carbonyl (C=O) groups excluding carboxylic acids is 1. The molecule has 2 aromatic rings. The number of hydrogen-bond donors (Lipinski definition) is 1. The summed E-state index contributed by atoms with van der Waals surface area (Å²) in [5.41, 5.74) is 0.495. The summed E-state index contributed by atoms with van der Waals surface area (Å²) in [6.45, 7) is 1.94. The average molecular weight is 456 g/mol. The molecule has 0 saturated carbocycles. The summed E-state index contributed by atoms with van der Waals surface area (Å²) in [6.07, 6.45) is 2.76. The van der Waals surface area contributed by atoms with Crippen molar-refractivity contribution in [3.05, 3.63) is 46.7 Å². The fourth-order valence-electron chi connectivity index (χ4n) is 2.63. The van der Waals surface area contributed by atoms with Crippen LogP contribution in [-0.2, 0) is 14.8 Å². The molecule has 10 heteroatoms. The first-order valence-electron chi connectivity index (χ1n) is 8.09. The maximum absolute atomic E-state index is 12.8. The lowest BCUT2D eigenvalue weighted by Crippen LogP contribution is -2.40. The van der Waals surface area contributed by atoms with Crippen LogP contribution in [0.25, 0.3) is 0 Å². The minimum absolute atomic E-state index is 0.0238. The number of anilines is 1. The van der Waals surface area contributed by atoms with Crippen molar-refractivity contribution in [2.24, 2.45) is 0 Å². The Kier molecular flexibility index (Phi) is 5.98. The van der Waals surface area contributed by atoms with E-state index in [4.69, 9.17) is 9.47 Å². The van der Waals surface area contributed by atoms with Crippen LogP contribution in [0.1, 0.15) is 10.4 Å². The Hall–Kier alpha value is -2.17. The van der Waals surface area contributed by atoms with E-state index in [2.05, 4.69) is 25.6 Å². The van der Waals surface area contributed by atoms with E-state index in [0.717, 1.165) is 0 Å². The van der Waals surface area contributed by atoms with Crippen LogP contribution < -0.4 is 9.46 Å². The minimum Gasteiger partial charge on any atom is -0.495 e. The molecule has 8 nitrogen and oxygen atoms in total. The first-order chi connectivity index (χ1) is 12.9. The molecule has 1 fully saturated rings. The first kappa shape index (κ1) is 19.6. The van der Waals surface area contributed by atoms with Gasteiger partial charge in [-0.15, -0.1) is 0 Å². The lowest BCUT2D eigenvalue weighted by molar-refractivity contribution is 0.0302. The summed E-state index contributed by atoms with van der Waals surface area (Å²) in [5.74, 6) is -0.00825. The quantitative estimate of drug-likeness (QED) is 0.741. The third kappa shape index (κ3) is 4.57. The van der Waals surface area contributed by atoms with Crippen molar-refractivity contribution in [2.75, 3.05) is 38.1 Å². The van der Waals surface area contributed by atoms with Gasteiger partial charge in [0.25, 0.3) is 15.9 Å². The van der Waals surface area contributed by atoms with Gasteiger partial charge in [-0.2, -0.15) is 0 Å². The topological polar surface area (TPSA) is 97.8 Å². The van der Waals surface area contributed by atoms with E-state index in [1.165, 1.54) is 31.6 Å². The molecule has 1 aliphatic heterocycles. The highest BCUT2D eigenvalue weighted by atomic mass is 79.9. The molecule has 1 saturated heterocycles. The second-order valence-electron chi connectivity index (χ2n) is 5.77. The normalized spacial score (nSPS) is 14.7. The molecule has 144 valence electrons. The number of methoxy groups -OCH3 is 1. The van der Waals surface area contributed by atoms with Crippen molar-refractivity contribution < 1.29 is 22.7 Å². The molecule has 1 aromatic carbocycles. The Labute approximate surface area is 165 Å². The number of nitrogens with one attached hydrogen (secondary N) is 1. The SMILES string of the molecule is COc1ccc(Br)cc1S(=O)(=O)Nc1cncc(C(=O)N2CCOCC2)c1. The van der Waals surface area contributed by atoms with E-state index < -0.39 is 10.0 Å². The fraction of sp³-hybridized carbons (Fsp3) is 0.294. The molecular weight excluding hydrogens is 438 g/mol. The van der Waals surface area contributed by atoms with Crippen LogP contribution in [0.4, 0.5) is 5.69 Å². The zero-order valence-electron chi connectivity index (χ0n) is 14.5. The second kappa shape index (κ2) is 8.24. The second-order valence-corrected chi connectivity index (χ2v) is 8.33. The number of amides is 1. The number of morpholine rings is 1. The smallest absolute Gasteiger partial charge is 0.265 e. The Balaban J connectivity index is 1.85. The Morgan fingerprint density at radius 1 is 1.26 bits per heavy atom. The van der Waals surface area contributed by atoms with Crippen molar-refractivity contribution in [1.29, 1.82) is 0 Å². The molecule has 0 bridgehead atoms. The van der Waals surface area contributed by atoms with E-state index >= 15 is 0 Å². The van der Waals surface area contributed by atoms with Crippen LogP contribution >= 0.6 is 15.9 Å². The molecule has 0 unspecified atom stereocenters. The molecule has 1 N–H and O–H groups in total. The highest BCUT2D eigenvalue weighted by molar-refractivity contribution is 9.10. The fourth-order valence-corrected chi connectivity index (χ4v) is 4.38. The highest BCUT2D eigenvalue weighted by Crippen LogP contribution is 2.29. The Morgan fingerprint density at radius 2 is 2.00 bits per heavy atom. The number of benzene rings is 1. The van der Waals surface area contributed by atoms with Gasteiger partial charge in [0.1, 0.15) is 10.6 Å². The molecule has 0 spiro atoms. The summed E-state index contributed by atoms with van der Waals surface area (Å²) in [4.78, 5) is 18.2. The lowest BCUT2D eigenvalue weighted by Gasteiger charge is -2.26. The van der Waals surface area contributed by atoms with Gasteiger partial charge in [0.2, 0.25) is 0 Å². The van der Waals surface area contributed by atoms with Gasteiger partial charge >= 0.3 is 0 Å². The molecule has 3 rings (SSSR count). The maximum atomic E-state index is 12.8. The molecule has 27 heavy (non-hydrogen) atoms. The number of nitrogens with zero attached hydrogens (tertiary/aromatic N) is 2. The molecule has 0 atom stereocenters. The third-order valence-electron chi connectivity index (χ3n) is 3.95. The lowest BCUT2D eigenvalue weighted by atomic mass is 10.2. The summed E-state index contributed by atoms with van der Waals surface area (Å²) in [6, 6.07) is 6.14. The van der Waals surface area contributed by atoms with Gasteiger partial charge in [-0.05, 0) is 24.3 Å². The summed E-state index contributed by atoms with van der Waals surface area (Å²) >= 11 is 3.26. The van der Waals surface area contributed by atoms with Crippen molar-refractivity contribution in [3.63, 3.8) is 0 Å². The molecule has 0 aliphatic carbocycles. The first-order valence-corrected chi connectivity index (χ1v) is 10.4. The van der Waals surface area contributed by atoms with Gasteiger partial charge in [-0.1, -0.05) is 15.9 Å². The average Bonchev–Trinajstić information content (AvgIpc) is 2.68. The van der Waals surface area contributed by atoms with Gasteiger partial charge in [0.15, 0.2) is 0 Å². The number of aromatic nitrogens is 1. The summed E-state index contributed by atoms with van der Waals surface area (Å²) in [7, 11) is -2.54. The molecule has 0 radical (unpaired) electrons. The molecule has 2 heterocycles. The number of halogens is 1. The van der Waals surface area contributed by atoms with Gasteiger partial charge in [-0.3, -0.25) is 14.5 Å². The van der Waals surface area contributed by atoms with Crippen LogP contribution in [0.3, 0.4) is 0 Å². The van der Waals surface area contributed by atoms with Gasteiger partial charge < -0.3 is 14.4 Å². The summed E-state index contributed by atoms with van der Waals surface area (Å²) in [5, 5.41) is 0. The maximum Gasteiger partial charge on any atom is 0.265 e. The van der Waals surface area contributed by atoms with Gasteiger partial charge in [0, 0.05) is 23.8 Å². The van der Waals surface area contributed by atoms with E-state index in [9.17, 15) is 13.2 Å². The zero-order chi connectivity index (χ0) is 19.4. The molecule has 1 aliphatic rings. The van der Waals surface area contributed by atoms with E-state index in [-0.39, 0.29) is 22.2 Å². The van der Waals surface area contributed by atoms with E-state index in [0.29, 0.717) is 36.3 Å². The largest absolute Gasteiger partial charge is 0.495 e. The van der Waals surface area contributed by atoms with Crippen molar-refractivity contribution in [1.82, 2.24) is 9.88 Å². The van der Waals surface area contributed by atoms with E-state index in [1.54, 1.807) is 17.0 Å². The number of rotatable bonds is 5. The number of ether oxygens (including phenoxy) is 2. The standard InChI is InChI=1S/C17H18BrN3O5S/c1-25-15-3-2-13(18)9-16(15)27(23,24)20-14-8-12(10-19-11-14)17(22)21-4-6-26-7-5-21/h2-3,8-11,20H,4-7H2,1H3.